The molecule has 4 nitrogen and oxygen atoms in total. The van der Waals surface area contributed by atoms with Gasteiger partial charge in [0.25, 0.3) is 5.56 Å². The van der Waals surface area contributed by atoms with E-state index in [1.165, 1.54) is 15.3 Å². The van der Waals surface area contributed by atoms with Gasteiger partial charge in [0.1, 0.15) is 11.4 Å². The Labute approximate surface area is 165 Å². The molecule has 0 fully saturated rings. The smallest absolute Gasteiger partial charge is 0.263 e. The first-order valence-electron chi connectivity index (χ1n) is 8.81. The number of hydrogen-bond donors (Lipinski definition) is 1. The lowest BCUT2D eigenvalue weighted by molar-refractivity contribution is -0.895. The minimum absolute atomic E-state index is 0.108. The number of nitrogens with zero attached hydrogens (tertiary/aromatic N) is 2. The van der Waals surface area contributed by atoms with Crippen molar-refractivity contribution in [1.82, 2.24) is 9.55 Å². The number of benzene rings is 1. The monoisotopic (exact) mass is 406 g/mol. The maximum absolute atomic E-state index is 13.2. The third-order valence-corrected chi connectivity index (χ3v) is 7.37. The molecule has 1 unspecified atom stereocenters. The summed E-state index contributed by atoms with van der Waals surface area (Å²) in [4.78, 5) is 21.7. The van der Waals surface area contributed by atoms with Crippen LogP contribution in [0.4, 0.5) is 0 Å². The first-order valence-corrected chi connectivity index (χ1v) is 11.0. The summed E-state index contributed by atoms with van der Waals surface area (Å²) in [6.45, 7) is 4.70. The number of thiophene rings is 1. The molecule has 1 N–H and O–H groups in total. The summed E-state index contributed by atoms with van der Waals surface area (Å²) >= 11 is 9.54. The maximum atomic E-state index is 13.2. The fourth-order valence-electron chi connectivity index (χ4n) is 3.42. The molecule has 0 saturated carbocycles. The van der Waals surface area contributed by atoms with Gasteiger partial charge in [0.15, 0.2) is 5.16 Å². The van der Waals surface area contributed by atoms with Crippen molar-refractivity contribution in [1.29, 1.82) is 0 Å². The van der Waals surface area contributed by atoms with Crippen LogP contribution in [0.5, 0.6) is 0 Å². The van der Waals surface area contributed by atoms with Crippen LogP contribution in [0.15, 0.2) is 34.2 Å². The third-order valence-electron chi connectivity index (χ3n) is 4.85. The van der Waals surface area contributed by atoms with Crippen molar-refractivity contribution in [3.8, 4) is 0 Å². The zero-order chi connectivity index (χ0) is 18.3. The minimum atomic E-state index is 0.108. The van der Waals surface area contributed by atoms with Crippen molar-refractivity contribution in [2.75, 3.05) is 13.6 Å². The number of rotatable bonds is 4. The van der Waals surface area contributed by atoms with E-state index in [4.69, 9.17) is 16.6 Å². The largest absolute Gasteiger partial charge is 0.333 e. The number of aromatic nitrogens is 2. The van der Waals surface area contributed by atoms with E-state index in [1.807, 2.05) is 35.8 Å². The van der Waals surface area contributed by atoms with E-state index < -0.39 is 0 Å². The van der Waals surface area contributed by atoms with Crippen molar-refractivity contribution >= 4 is 44.9 Å². The molecule has 3 aromatic rings. The second kappa shape index (κ2) is 7.35. The molecule has 0 amide bonds. The van der Waals surface area contributed by atoms with Gasteiger partial charge in [0.05, 0.1) is 23.9 Å². The summed E-state index contributed by atoms with van der Waals surface area (Å²) in [5.74, 6) is 0.704. The molecule has 3 heterocycles. The summed E-state index contributed by atoms with van der Waals surface area (Å²) in [6.07, 6.45) is 0.966. The van der Waals surface area contributed by atoms with E-state index in [2.05, 4.69) is 7.05 Å². The molecule has 2 aromatic heterocycles. The second-order valence-electron chi connectivity index (χ2n) is 6.64. The summed E-state index contributed by atoms with van der Waals surface area (Å²) in [5.41, 5.74) is 2.40. The van der Waals surface area contributed by atoms with E-state index in [1.54, 1.807) is 23.1 Å². The van der Waals surface area contributed by atoms with Gasteiger partial charge in [0.2, 0.25) is 0 Å². The standard InChI is InChI=1S/C19H20ClN3OS2/c1-3-23-18(24)16-13-8-9-22(2)10-15(13)26-17(16)21-19(23)25-11-12-6-4-5-7-14(12)20/h4-7H,3,8-11H2,1-2H3/p+1. The number of fused-ring (bicyclic) bond motifs is 3. The van der Waals surface area contributed by atoms with Crippen molar-refractivity contribution in [3.63, 3.8) is 0 Å². The lowest BCUT2D eigenvalue weighted by atomic mass is 10.1. The van der Waals surface area contributed by atoms with Gasteiger partial charge in [-0.05, 0) is 24.1 Å². The van der Waals surface area contributed by atoms with Gasteiger partial charge in [-0.3, -0.25) is 9.36 Å². The summed E-state index contributed by atoms with van der Waals surface area (Å²) in [7, 11) is 2.20. The highest BCUT2D eigenvalue weighted by Gasteiger charge is 2.25. The molecule has 7 heteroatoms. The minimum Gasteiger partial charge on any atom is -0.333 e. The Morgan fingerprint density at radius 3 is 2.96 bits per heavy atom. The van der Waals surface area contributed by atoms with Gasteiger partial charge in [-0.25, -0.2) is 4.98 Å². The summed E-state index contributed by atoms with van der Waals surface area (Å²) < 4.78 is 1.81. The van der Waals surface area contributed by atoms with Gasteiger partial charge in [-0.1, -0.05) is 41.6 Å². The Bertz CT molecular complexity index is 1030. The third kappa shape index (κ3) is 3.20. The van der Waals surface area contributed by atoms with Crippen LogP contribution in [-0.2, 0) is 25.3 Å². The number of quaternary nitrogens is 1. The Balaban J connectivity index is 1.75. The predicted molar refractivity (Wildman–Crippen MR) is 110 cm³/mol. The Morgan fingerprint density at radius 2 is 2.19 bits per heavy atom. The van der Waals surface area contributed by atoms with Crippen LogP contribution >= 0.6 is 34.7 Å². The molecule has 4 rings (SSSR count). The molecular weight excluding hydrogens is 386 g/mol. The van der Waals surface area contributed by atoms with Crippen LogP contribution in [0.2, 0.25) is 5.02 Å². The number of nitrogens with one attached hydrogen (secondary N) is 1. The molecule has 1 atom stereocenters. The van der Waals surface area contributed by atoms with Crippen LogP contribution in [0.1, 0.15) is 22.9 Å². The molecule has 0 radical (unpaired) electrons. The molecule has 1 aliphatic heterocycles. The quantitative estimate of drug-likeness (QED) is 0.534. The molecule has 0 spiro atoms. The number of halogens is 1. The van der Waals surface area contributed by atoms with Crippen LogP contribution < -0.4 is 10.5 Å². The fraction of sp³-hybridized carbons (Fsp3) is 0.368. The van der Waals surface area contributed by atoms with Gasteiger partial charge in [-0.2, -0.15) is 0 Å². The van der Waals surface area contributed by atoms with E-state index in [0.717, 1.165) is 45.5 Å². The Kier molecular flexibility index (Phi) is 5.10. The van der Waals surface area contributed by atoms with Gasteiger partial charge in [0, 0.05) is 23.7 Å². The van der Waals surface area contributed by atoms with E-state index in [-0.39, 0.29) is 5.56 Å². The molecular formula is C19H21ClN3OS2+. The lowest BCUT2D eigenvalue weighted by Crippen LogP contribution is -3.08. The van der Waals surface area contributed by atoms with Gasteiger partial charge < -0.3 is 4.90 Å². The predicted octanol–water partition coefficient (Wildman–Crippen LogP) is 2.99. The fourth-order valence-corrected chi connectivity index (χ4v) is 6.14. The van der Waals surface area contributed by atoms with Gasteiger partial charge in [-0.15, -0.1) is 11.3 Å². The highest BCUT2D eigenvalue weighted by Crippen LogP contribution is 2.32. The van der Waals surface area contributed by atoms with Crippen molar-refractivity contribution in [2.45, 2.75) is 37.3 Å². The lowest BCUT2D eigenvalue weighted by Gasteiger charge is -2.19. The van der Waals surface area contributed by atoms with E-state index >= 15 is 0 Å². The van der Waals surface area contributed by atoms with Crippen molar-refractivity contribution < 1.29 is 4.90 Å². The molecule has 0 bridgehead atoms. The summed E-state index contributed by atoms with van der Waals surface area (Å²) in [5, 5.41) is 2.38. The SMILES string of the molecule is CCn1c(SCc2ccccc2Cl)nc2sc3c(c2c1=O)CC[NH+](C)C3. The normalized spacial score (nSPS) is 16.8. The van der Waals surface area contributed by atoms with Gasteiger partial charge >= 0.3 is 0 Å². The Morgan fingerprint density at radius 1 is 1.38 bits per heavy atom. The highest BCUT2D eigenvalue weighted by molar-refractivity contribution is 7.98. The average molecular weight is 407 g/mol. The van der Waals surface area contributed by atoms with Crippen LogP contribution in [0, 0.1) is 0 Å². The summed E-state index contributed by atoms with van der Waals surface area (Å²) in [6, 6.07) is 7.83. The molecule has 136 valence electrons. The van der Waals surface area contributed by atoms with Crippen LogP contribution in [0.3, 0.4) is 0 Å². The zero-order valence-corrected chi connectivity index (χ0v) is 17.2. The second-order valence-corrected chi connectivity index (χ2v) is 9.08. The molecule has 0 saturated heterocycles. The van der Waals surface area contributed by atoms with Crippen molar-refractivity contribution in [2.24, 2.45) is 0 Å². The first kappa shape index (κ1) is 18.0. The average Bonchev–Trinajstić information content (AvgIpc) is 2.98. The molecule has 1 aromatic carbocycles. The Hall–Kier alpha value is -1.34. The first-order chi connectivity index (χ1) is 12.6. The topological polar surface area (TPSA) is 39.3 Å². The van der Waals surface area contributed by atoms with E-state index in [9.17, 15) is 4.79 Å². The zero-order valence-electron chi connectivity index (χ0n) is 14.8. The number of hydrogen-bond acceptors (Lipinski definition) is 4. The van der Waals surface area contributed by atoms with E-state index in [0.29, 0.717) is 12.3 Å². The molecule has 26 heavy (non-hydrogen) atoms. The molecule has 0 aliphatic carbocycles. The number of thioether (sulfide) groups is 1. The van der Waals surface area contributed by atoms with Crippen LogP contribution in [0.25, 0.3) is 10.2 Å². The van der Waals surface area contributed by atoms with Crippen LogP contribution in [-0.4, -0.2) is 23.1 Å². The molecule has 1 aliphatic rings. The number of likely N-dealkylation sites (N-methyl/N-ethyl adjacent to an activating group) is 1. The highest BCUT2D eigenvalue weighted by atomic mass is 35.5. The van der Waals surface area contributed by atoms with Crippen molar-refractivity contribution in [3.05, 3.63) is 55.6 Å². The maximum Gasteiger partial charge on any atom is 0.263 e.